The normalized spacial score (nSPS) is 26.5. The number of carbonyl (C=O) groups excluding carboxylic acids is 1. The summed E-state index contributed by atoms with van der Waals surface area (Å²) < 4.78 is 5.63. The molecule has 0 saturated heterocycles. The van der Waals surface area contributed by atoms with E-state index in [0.29, 0.717) is 12.3 Å². The first-order valence-electron chi connectivity index (χ1n) is 6.64. The van der Waals surface area contributed by atoms with Gasteiger partial charge in [0.15, 0.2) is 0 Å². The first-order chi connectivity index (χ1) is 7.45. The number of hydrogen-bond acceptors (Lipinski definition) is 2. The van der Waals surface area contributed by atoms with E-state index in [-0.39, 0.29) is 17.5 Å². The molecule has 0 aliphatic heterocycles. The highest BCUT2D eigenvalue weighted by atomic mass is 16.5. The largest absolute Gasteiger partial charge is 0.462 e. The Kier molecular flexibility index (Phi) is 4.82. The predicted molar refractivity (Wildman–Crippen MR) is 66.2 cm³/mol. The zero-order valence-electron chi connectivity index (χ0n) is 11.2. The smallest absolute Gasteiger partial charge is 0.306 e. The second kappa shape index (κ2) is 5.70. The van der Waals surface area contributed by atoms with E-state index in [1.807, 2.05) is 6.92 Å². The first kappa shape index (κ1) is 13.5. The molecule has 0 N–H and O–H groups in total. The topological polar surface area (TPSA) is 26.3 Å². The van der Waals surface area contributed by atoms with Crippen molar-refractivity contribution in [2.45, 2.75) is 72.3 Å². The van der Waals surface area contributed by atoms with Crippen LogP contribution in [0.2, 0.25) is 0 Å². The second-order valence-electron chi connectivity index (χ2n) is 6.04. The van der Waals surface area contributed by atoms with E-state index in [9.17, 15) is 4.79 Å². The quantitative estimate of drug-likeness (QED) is 0.681. The average Bonchev–Trinajstić information content (AvgIpc) is 2.17. The van der Waals surface area contributed by atoms with Crippen molar-refractivity contribution >= 4 is 5.97 Å². The number of carbonyl (C=O) groups is 1. The Morgan fingerprint density at radius 3 is 2.44 bits per heavy atom. The third kappa shape index (κ3) is 3.80. The van der Waals surface area contributed by atoms with E-state index in [2.05, 4.69) is 20.8 Å². The Morgan fingerprint density at radius 2 is 1.88 bits per heavy atom. The van der Waals surface area contributed by atoms with Gasteiger partial charge in [0.25, 0.3) is 0 Å². The molecular weight excluding hydrogens is 200 g/mol. The molecule has 2 nitrogen and oxygen atoms in total. The summed E-state index contributed by atoms with van der Waals surface area (Å²) in [6.07, 6.45) is 6.34. The molecule has 0 aromatic rings. The molecule has 0 amide bonds. The maximum absolute atomic E-state index is 11.6. The van der Waals surface area contributed by atoms with Gasteiger partial charge in [-0.25, -0.2) is 0 Å². The summed E-state index contributed by atoms with van der Waals surface area (Å²) in [7, 11) is 0. The molecule has 2 atom stereocenters. The maximum atomic E-state index is 11.6. The molecule has 2 heteroatoms. The summed E-state index contributed by atoms with van der Waals surface area (Å²) in [5.41, 5.74) is 0.248. The minimum absolute atomic E-state index is 0.0105. The standard InChI is InChI=1S/C14H26O2/c1-5-8-13(15)16-12-10-7-6-9-11(12)14(2,3)4/h11-12H,5-10H2,1-4H3/t11-,12+/m0/s1. The number of esters is 1. The maximum Gasteiger partial charge on any atom is 0.306 e. The van der Waals surface area contributed by atoms with Gasteiger partial charge in [0.2, 0.25) is 0 Å². The van der Waals surface area contributed by atoms with Crippen molar-refractivity contribution in [2.24, 2.45) is 11.3 Å². The predicted octanol–water partition coefficient (Wildman–Crippen LogP) is 3.93. The highest BCUT2D eigenvalue weighted by Gasteiger charge is 2.36. The van der Waals surface area contributed by atoms with Gasteiger partial charge in [-0.3, -0.25) is 4.79 Å². The number of hydrogen-bond donors (Lipinski definition) is 0. The number of rotatable bonds is 3. The Hall–Kier alpha value is -0.530. The summed E-state index contributed by atoms with van der Waals surface area (Å²) >= 11 is 0. The lowest BCUT2D eigenvalue weighted by molar-refractivity contribution is -0.156. The molecule has 0 aromatic heterocycles. The van der Waals surface area contributed by atoms with Crippen LogP contribution in [-0.2, 0) is 9.53 Å². The summed E-state index contributed by atoms with van der Waals surface area (Å²) in [6, 6.07) is 0. The summed E-state index contributed by atoms with van der Waals surface area (Å²) in [6.45, 7) is 8.78. The molecule has 1 saturated carbocycles. The van der Waals surface area contributed by atoms with Crippen LogP contribution in [0.4, 0.5) is 0 Å². The molecule has 16 heavy (non-hydrogen) atoms. The van der Waals surface area contributed by atoms with Crippen molar-refractivity contribution in [3.8, 4) is 0 Å². The number of ether oxygens (including phenoxy) is 1. The van der Waals surface area contributed by atoms with Crippen LogP contribution in [0.3, 0.4) is 0 Å². The van der Waals surface area contributed by atoms with Crippen LogP contribution in [0.5, 0.6) is 0 Å². The molecule has 1 fully saturated rings. The summed E-state index contributed by atoms with van der Waals surface area (Å²) in [5.74, 6) is 0.519. The van der Waals surface area contributed by atoms with Crippen molar-refractivity contribution in [3.63, 3.8) is 0 Å². The molecule has 0 heterocycles. The third-order valence-corrected chi connectivity index (χ3v) is 3.55. The molecule has 1 aliphatic rings. The monoisotopic (exact) mass is 226 g/mol. The minimum atomic E-state index is -0.0105. The van der Waals surface area contributed by atoms with Crippen LogP contribution in [0.15, 0.2) is 0 Å². The van der Waals surface area contributed by atoms with Crippen LogP contribution in [0, 0.1) is 11.3 Å². The van der Waals surface area contributed by atoms with Crippen LogP contribution in [0.1, 0.15) is 66.2 Å². The molecule has 0 spiro atoms. The van der Waals surface area contributed by atoms with Crippen molar-refractivity contribution in [2.75, 3.05) is 0 Å². The van der Waals surface area contributed by atoms with Gasteiger partial charge >= 0.3 is 5.97 Å². The van der Waals surface area contributed by atoms with Crippen LogP contribution < -0.4 is 0 Å². The second-order valence-corrected chi connectivity index (χ2v) is 6.04. The van der Waals surface area contributed by atoms with E-state index in [1.165, 1.54) is 19.3 Å². The van der Waals surface area contributed by atoms with Crippen molar-refractivity contribution in [1.82, 2.24) is 0 Å². The molecule has 0 unspecified atom stereocenters. The molecule has 0 radical (unpaired) electrons. The summed E-state index contributed by atoms with van der Waals surface area (Å²) in [5, 5.41) is 0. The Labute approximate surface area is 99.8 Å². The van der Waals surface area contributed by atoms with Gasteiger partial charge in [-0.15, -0.1) is 0 Å². The van der Waals surface area contributed by atoms with Gasteiger partial charge in [0.1, 0.15) is 6.10 Å². The minimum Gasteiger partial charge on any atom is -0.462 e. The lowest BCUT2D eigenvalue weighted by Crippen LogP contribution is -2.37. The van der Waals surface area contributed by atoms with Crippen molar-refractivity contribution in [1.29, 1.82) is 0 Å². The Morgan fingerprint density at radius 1 is 1.25 bits per heavy atom. The molecule has 94 valence electrons. The van der Waals surface area contributed by atoms with Gasteiger partial charge in [0.05, 0.1) is 0 Å². The van der Waals surface area contributed by atoms with Crippen LogP contribution in [-0.4, -0.2) is 12.1 Å². The van der Waals surface area contributed by atoms with E-state index in [1.54, 1.807) is 0 Å². The fourth-order valence-electron chi connectivity index (χ4n) is 2.66. The van der Waals surface area contributed by atoms with E-state index >= 15 is 0 Å². The lowest BCUT2D eigenvalue weighted by Gasteiger charge is -2.39. The van der Waals surface area contributed by atoms with Gasteiger partial charge in [0, 0.05) is 12.3 Å². The van der Waals surface area contributed by atoms with E-state index in [0.717, 1.165) is 12.8 Å². The van der Waals surface area contributed by atoms with E-state index < -0.39 is 0 Å². The van der Waals surface area contributed by atoms with Crippen molar-refractivity contribution in [3.05, 3.63) is 0 Å². The average molecular weight is 226 g/mol. The Balaban J connectivity index is 2.57. The zero-order chi connectivity index (χ0) is 12.2. The fraction of sp³-hybridized carbons (Fsp3) is 0.929. The lowest BCUT2D eigenvalue weighted by atomic mass is 9.70. The van der Waals surface area contributed by atoms with E-state index in [4.69, 9.17) is 4.74 Å². The molecule has 1 rings (SSSR count). The van der Waals surface area contributed by atoms with Crippen LogP contribution >= 0.6 is 0 Å². The van der Waals surface area contributed by atoms with Gasteiger partial charge in [-0.1, -0.05) is 34.1 Å². The van der Waals surface area contributed by atoms with Gasteiger partial charge in [-0.05, 0) is 31.1 Å². The SMILES string of the molecule is CCCC(=O)O[C@@H]1CCCC[C@@H]1C(C)(C)C. The van der Waals surface area contributed by atoms with Gasteiger partial charge < -0.3 is 4.74 Å². The van der Waals surface area contributed by atoms with Gasteiger partial charge in [-0.2, -0.15) is 0 Å². The molecular formula is C14H26O2. The third-order valence-electron chi connectivity index (χ3n) is 3.55. The highest BCUT2D eigenvalue weighted by molar-refractivity contribution is 5.69. The first-order valence-corrected chi connectivity index (χ1v) is 6.64. The molecule has 0 aromatic carbocycles. The van der Waals surface area contributed by atoms with Crippen LogP contribution in [0.25, 0.3) is 0 Å². The van der Waals surface area contributed by atoms with Crippen molar-refractivity contribution < 1.29 is 9.53 Å². The fourth-order valence-corrected chi connectivity index (χ4v) is 2.66. The highest BCUT2D eigenvalue weighted by Crippen LogP contribution is 2.39. The Bertz CT molecular complexity index is 227. The summed E-state index contributed by atoms with van der Waals surface area (Å²) in [4.78, 5) is 11.6. The molecule has 1 aliphatic carbocycles. The zero-order valence-corrected chi connectivity index (χ0v) is 11.2. The molecule has 0 bridgehead atoms.